The van der Waals surface area contributed by atoms with E-state index in [1.807, 2.05) is 35.2 Å². The van der Waals surface area contributed by atoms with Gasteiger partial charge in [0.15, 0.2) is 0 Å². The Bertz CT molecular complexity index is 1200. The van der Waals surface area contributed by atoms with Gasteiger partial charge in [-0.2, -0.15) is 0 Å². The lowest BCUT2D eigenvalue weighted by Crippen LogP contribution is -2.28. The topological polar surface area (TPSA) is 92.6 Å². The molecule has 1 saturated heterocycles. The maximum absolute atomic E-state index is 12.8. The SMILES string of the molecule is CCCc1ccccc1N1C(=O)CS[C@H]1c1ccc(NC(=O)c2cccc([N+](=O)[O-])c2)cc1. The van der Waals surface area contributed by atoms with Gasteiger partial charge in [0.2, 0.25) is 5.91 Å². The fourth-order valence-corrected chi connectivity index (χ4v) is 5.02. The molecule has 0 spiro atoms. The molecule has 33 heavy (non-hydrogen) atoms. The third kappa shape index (κ3) is 4.90. The second kappa shape index (κ2) is 9.87. The van der Waals surface area contributed by atoms with E-state index in [4.69, 9.17) is 0 Å². The van der Waals surface area contributed by atoms with Gasteiger partial charge >= 0.3 is 0 Å². The summed E-state index contributed by atoms with van der Waals surface area (Å²) >= 11 is 1.58. The molecule has 7 nitrogen and oxygen atoms in total. The molecule has 8 heteroatoms. The van der Waals surface area contributed by atoms with E-state index in [-0.39, 0.29) is 22.5 Å². The highest BCUT2D eigenvalue weighted by atomic mass is 32.2. The molecule has 1 aliphatic heterocycles. The van der Waals surface area contributed by atoms with Crippen molar-refractivity contribution in [1.29, 1.82) is 0 Å². The Morgan fingerprint density at radius 1 is 1.12 bits per heavy atom. The molecule has 0 bridgehead atoms. The molecule has 3 aromatic rings. The summed E-state index contributed by atoms with van der Waals surface area (Å²) in [5.74, 6) is 0.0692. The number of rotatable bonds is 7. The van der Waals surface area contributed by atoms with Crippen molar-refractivity contribution in [3.8, 4) is 0 Å². The summed E-state index contributed by atoms with van der Waals surface area (Å²) in [4.78, 5) is 37.6. The number of non-ortho nitro benzene ring substituents is 1. The van der Waals surface area contributed by atoms with Crippen molar-refractivity contribution in [3.63, 3.8) is 0 Å². The van der Waals surface area contributed by atoms with Gasteiger partial charge < -0.3 is 5.32 Å². The molecule has 1 heterocycles. The standard InChI is InChI=1S/C25H23N3O4S/c1-2-6-17-7-3-4-10-22(17)27-23(29)16-33-25(27)18-11-13-20(14-12-18)26-24(30)19-8-5-9-21(15-19)28(31)32/h3-5,7-15,25H,2,6,16H2,1H3,(H,26,30)/t25-/m0/s1. The van der Waals surface area contributed by atoms with E-state index in [0.717, 1.165) is 29.7 Å². The van der Waals surface area contributed by atoms with Crippen molar-refractivity contribution in [1.82, 2.24) is 0 Å². The Labute approximate surface area is 196 Å². The van der Waals surface area contributed by atoms with Gasteiger partial charge in [-0.1, -0.05) is 49.7 Å². The van der Waals surface area contributed by atoms with Crippen LogP contribution in [0.4, 0.5) is 17.1 Å². The van der Waals surface area contributed by atoms with Crippen molar-refractivity contribution < 1.29 is 14.5 Å². The molecule has 1 aliphatic rings. The van der Waals surface area contributed by atoms with E-state index in [1.165, 1.54) is 24.3 Å². The lowest BCUT2D eigenvalue weighted by atomic mass is 10.1. The zero-order valence-corrected chi connectivity index (χ0v) is 18.9. The molecule has 0 aliphatic carbocycles. The number of hydrogen-bond donors (Lipinski definition) is 1. The smallest absolute Gasteiger partial charge is 0.270 e. The first-order valence-corrected chi connectivity index (χ1v) is 11.7. The number of para-hydroxylation sites is 1. The number of anilines is 2. The number of thioether (sulfide) groups is 1. The van der Waals surface area contributed by atoms with E-state index in [2.05, 4.69) is 18.3 Å². The number of nitrogens with one attached hydrogen (secondary N) is 1. The number of nitro benzene ring substituents is 1. The molecule has 4 rings (SSSR count). The number of hydrogen-bond acceptors (Lipinski definition) is 5. The zero-order chi connectivity index (χ0) is 23.4. The van der Waals surface area contributed by atoms with Gasteiger partial charge in [0.1, 0.15) is 5.37 Å². The normalized spacial score (nSPS) is 15.5. The van der Waals surface area contributed by atoms with Gasteiger partial charge in [-0.3, -0.25) is 24.6 Å². The monoisotopic (exact) mass is 461 g/mol. The Hall–Kier alpha value is -3.65. The number of benzene rings is 3. The Balaban J connectivity index is 1.53. The van der Waals surface area contributed by atoms with E-state index in [0.29, 0.717) is 11.4 Å². The zero-order valence-electron chi connectivity index (χ0n) is 18.1. The first-order valence-electron chi connectivity index (χ1n) is 10.6. The highest BCUT2D eigenvalue weighted by Crippen LogP contribution is 2.43. The second-order valence-corrected chi connectivity index (χ2v) is 8.76. The van der Waals surface area contributed by atoms with E-state index < -0.39 is 10.8 Å². The van der Waals surface area contributed by atoms with Crippen molar-refractivity contribution in [2.45, 2.75) is 25.1 Å². The van der Waals surface area contributed by atoms with Crippen LogP contribution in [-0.4, -0.2) is 22.5 Å². The van der Waals surface area contributed by atoms with E-state index in [1.54, 1.807) is 23.9 Å². The van der Waals surface area contributed by atoms with Crippen molar-refractivity contribution in [2.75, 3.05) is 16.0 Å². The van der Waals surface area contributed by atoms with Crippen molar-refractivity contribution >= 4 is 40.6 Å². The Morgan fingerprint density at radius 2 is 1.88 bits per heavy atom. The third-order valence-corrected chi connectivity index (χ3v) is 6.62. The molecule has 1 N–H and O–H groups in total. The van der Waals surface area contributed by atoms with Crippen molar-refractivity contribution in [3.05, 3.63) is 99.6 Å². The van der Waals surface area contributed by atoms with Crippen LogP contribution in [-0.2, 0) is 11.2 Å². The molecule has 1 fully saturated rings. The maximum Gasteiger partial charge on any atom is 0.270 e. The first-order chi connectivity index (χ1) is 16.0. The summed E-state index contributed by atoms with van der Waals surface area (Å²) in [6.07, 6.45) is 1.90. The van der Waals surface area contributed by atoms with Crippen LogP contribution in [0.15, 0.2) is 72.8 Å². The fraction of sp³-hybridized carbons (Fsp3) is 0.200. The highest BCUT2D eigenvalue weighted by Gasteiger charge is 2.35. The van der Waals surface area contributed by atoms with Crippen LogP contribution in [0.3, 0.4) is 0 Å². The van der Waals surface area contributed by atoms with Crippen LogP contribution >= 0.6 is 11.8 Å². The summed E-state index contributed by atoms with van der Waals surface area (Å²) in [5.41, 5.74) is 3.71. The van der Waals surface area contributed by atoms with Crippen molar-refractivity contribution in [2.24, 2.45) is 0 Å². The van der Waals surface area contributed by atoms with Gasteiger partial charge in [-0.05, 0) is 41.8 Å². The fourth-order valence-electron chi connectivity index (χ4n) is 3.85. The largest absolute Gasteiger partial charge is 0.322 e. The number of aryl methyl sites for hydroxylation is 1. The number of nitrogens with zero attached hydrogens (tertiary/aromatic N) is 2. The van der Waals surface area contributed by atoms with Crippen LogP contribution in [0.2, 0.25) is 0 Å². The Kier molecular flexibility index (Phi) is 6.74. The van der Waals surface area contributed by atoms with Crippen LogP contribution in [0.25, 0.3) is 0 Å². The summed E-state index contributed by atoms with van der Waals surface area (Å²) in [5, 5.41) is 13.6. The maximum atomic E-state index is 12.8. The molecule has 2 amide bonds. The average Bonchev–Trinajstić information content (AvgIpc) is 3.21. The van der Waals surface area contributed by atoms with Gasteiger partial charge in [-0.25, -0.2) is 0 Å². The minimum Gasteiger partial charge on any atom is -0.322 e. The molecule has 0 radical (unpaired) electrons. The molecular formula is C25H23N3O4S. The molecule has 1 atom stereocenters. The predicted octanol–water partition coefficient (Wildman–Crippen LogP) is 5.58. The molecular weight excluding hydrogens is 438 g/mol. The van der Waals surface area contributed by atoms with Crippen LogP contribution < -0.4 is 10.2 Å². The average molecular weight is 462 g/mol. The predicted molar refractivity (Wildman–Crippen MR) is 131 cm³/mol. The minimum atomic E-state index is -0.531. The van der Waals surface area contributed by atoms with E-state index in [9.17, 15) is 19.7 Å². The minimum absolute atomic E-state index is 0.0802. The number of carbonyl (C=O) groups excluding carboxylic acids is 2. The number of carbonyl (C=O) groups is 2. The van der Waals surface area contributed by atoms with Gasteiger partial charge in [0.05, 0.1) is 10.7 Å². The first kappa shape index (κ1) is 22.5. The van der Waals surface area contributed by atoms with Crippen LogP contribution in [0, 0.1) is 10.1 Å². The Morgan fingerprint density at radius 3 is 2.61 bits per heavy atom. The number of amides is 2. The third-order valence-electron chi connectivity index (χ3n) is 5.41. The quantitative estimate of drug-likeness (QED) is 0.366. The molecule has 3 aromatic carbocycles. The lowest BCUT2D eigenvalue weighted by molar-refractivity contribution is -0.384. The van der Waals surface area contributed by atoms with Gasteiger partial charge in [-0.15, -0.1) is 11.8 Å². The molecule has 168 valence electrons. The highest BCUT2D eigenvalue weighted by molar-refractivity contribution is 8.00. The molecule has 0 saturated carbocycles. The summed E-state index contributed by atoms with van der Waals surface area (Å²) in [7, 11) is 0. The lowest BCUT2D eigenvalue weighted by Gasteiger charge is -2.26. The summed E-state index contributed by atoms with van der Waals surface area (Å²) in [6, 6.07) is 21.0. The van der Waals surface area contributed by atoms with Crippen LogP contribution in [0.5, 0.6) is 0 Å². The van der Waals surface area contributed by atoms with Gasteiger partial charge in [0, 0.05) is 29.1 Å². The molecule has 0 aromatic heterocycles. The summed E-state index contributed by atoms with van der Waals surface area (Å²) in [6.45, 7) is 2.12. The van der Waals surface area contributed by atoms with Crippen LogP contribution in [0.1, 0.15) is 40.2 Å². The molecule has 0 unspecified atom stereocenters. The summed E-state index contributed by atoms with van der Waals surface area (Å²) < 4.78 is 0. The number of nitro groups is 1. The van der Waals surface area contributed by atoms with Gasteiger partial charge in [0.25, 0.3) is 11.6 Å². The van der Waals surface area contributed by atoms with E-state index >= 15 is 0 Å². The second-order valence-electron chi connectivity index (χ2n) is 7.69.